The average molecular weight is 175 g/mol. The lowest BCUT2D eigenvalue weighted by Crippen LogP contribution is -2.20. The van der Waals surface area contributed by atoms with Crippen molar-refractivity contribution in [3.8, 4) is 0 Å². The van der Waals surface area contributed by atoms with Gasteiger partial charge in [-0.1, -0.05) is 40.0 Å². The highest BCUT2D eigenvalue weighted by Crippen LogP contribution is 1.96. The molecule has 0 rings (SSSR count). The summed E-state index contributed by atoms with van der Waals surface area (Å²) in [4.78, 5) is 10.4. The molecular formula is C10H25NO. The molecular weight excluding hydrogens is 150 g/mol. The first-order valence-electron chi connectivity index (χ1n) is 5.01. The molecule has 0 fully saturated rings. The van der Waals surface area contributed by atoms with E-state index in [-0.39, 0.29) is 7.33 Å². The quantitative estimate of drug-likeness (QED) is 0.639. The summed E-state index contributed by atoms with van der Waals surface area (Å²) >= 11 is 0. The highest BCUT2D eigenvalue weighted by Gasteiger charge is 1.89. The van der Waals surface area contributed by atoms with Crippen molar-refractivity contribution >= 4 is 5.91 Å². The lowest BCUT2D eigenvalue weighted by Gasteiger charge is -1.99. The van der Waals surface area contributed by atoms with E-state index in [4.69, 9.17) is 0 Å². The average Bonchev–Trinajstić information content (AvgIpc) is 2.07. The van der Waals surface area contributed by atoms with Crippen LogP contribution in [0, 0.1) is 0 Å². The highest BCUT2D eigenvalue weighted by atomic mass is 16.1. The predicted molar refractivity (Wildman–Crippen MR) is 56.3 cm³/mol. The van der Waals surface area contributed by atoms with Crippen LogP contribution in [0.1, 0.15) is 54.8 Å². The molecule has 0 aromatic heterocycles. The lowest BCUT2D eigenvalue weighted by atomic mass is 10.2. The molecule has 2 nitrogen and oxygen atoms in total. The van der Waals surface area contributed by atoms with Gasteiger partial charge in [0, 0.05) is 14.9 Å². The third kappa shape index (κ3) is 16.2. The van der Waals surface area contributed by atoms with Gasteiger partial charge in [-0.05, 0) is 6.42 Å². The summed E-state index contributed by atoms with van der Waals surface area (Å²) in [5.74, 6) is 0.0801. The van der Waals surface area contributed by atoms with Gasteiger partial charge in [0.1, 0.15) is 0 Å². The Morgan fingerprint density at radius 3 is 2.25 bits per heavy atom. The fraction of sp³-hybridized carbons (Fsp3) is 0.900. The Morgan fingerprint density at radius 2 is 1.83 bits per heavy atom. The first kappa shape index (κ1) is 14.0. The van der Waals surface area contributed by atoms with Gasteiger partial charge < -0.3 is 5.32 Å². The van der Waals surface area contributed by atoms with Gasteiger partial charge in [0.2, 0.25) is 5.91 Å². The molecule has 0 saturated heterocycles. The minimum atomic E-state index is 0. The zero-order chi connectivity index (χ0) is 9.82. The van der Waals surface area contributed by atoms with E-state index in [1.165, 1.54) is 19.3 Å². The number of carbonyl (C=O) groups is 1. The van der Waals surface area contributed by atoms with Crippen LogP contribution in [-0.4, -0.2) is 12.5 Å². The predicted octanol–water partition coefficient (Wildman–Crippen LogP) is 2.98. The maximum absolute atomic E-state index is 10.4. The zero-order valence-electron chi connectivity index (χ0n) is 8.94. The summed E-state index contributed by atoms with van der Waals surface area (Å²) in [6.07, 6.45) is 4.88. The van der Waals surface area contributed by atoms with E-state index in [0.29, 0.717) is 0 Å². The highest BCUT2D eigenvalue weighted by molar-refractivity contribution is 5.72. The number of nitrogens with one attached hydrogen (secondary N) is 1. The SMILES string of the molecule is CC.CCCCCCNC(C)=O.[HH]. The third-order valence-corrected chi connectivity index (χ3v) is 1.40. The second-order valence-electron chi connectivity index (χ2n) is 2.54. The number of carbonyl (C=O) groups excluding carboxylic acids is 1. The first-order valence-corrected chi connectivity index (χ1v) is 5.01. The van der Waals surface area contributed by atoms with Crippen molar-refractivity contribution in [2.45, 2.75) is 53.4 Å². The van der Waals surface area contributed by atoms with E-state index < -0.39 is 0 Å². The molecule has 12 heavy (non-hydrogen) atoms. The first-order chi connectivity index (χ1) is 5.77. The molecule has 0 aliphatic heterocycles. The summed E-state index contributed by atoms with van der Waals surface area (Å²) < 4.78 is 0. The fourth-order valence-electron chi connectivity index (χ4n) is 0.816. The minimum absolute atomic E-state index is 0. The summed E-state index contributed by atoms with van der Waals surface area (Å²) in [6, 6.07) is 0. The van der Waals surface area contributed by atoms with Gasteiger partial charge in [-0.2, -0.15) is 0 Å². The summed E-state index contributed by atoms with van der Waals surface area (Å²) in [6.45, 7) is 8.58. The maximum Gasteiger partial charge on any atom is 0.216 e. The Labute approximate surface area is 78.2 Å². The van der Waals surface area contributed by atoms with Crippen LogP contribution in [0.4, 0.5) is 0 Å². The van der Waals surface area contributed by atoms with Crippen LogP contribution in [0.5, 0.6) is 0 Å². The number of hydrogen-bond donors (Lipinski definition) is 1. The van der Waals surface area contributed by atoms with Crippen LogP contribution < -0.4 is 5.32 Å². The number of hydrogen-bond acceptors (Lipinski definition) is 1. The van der Waals surface area contributed by atoms with Gasteiger partial charge in [0.15, 0.2) is 0 Å². The molecule has 0 spiro atoms. The van der Waals surface area contributed by atoms with E-state index in [9.17, 15) is 4.79 Å². The maximum atomic E-state index is 10.4. The second kappa shape index (κ2) is 13.1. The van der Waals surface area contributed by atoms with Crippen molar-refractivity contribution in [1.29, 1.82) is 0 Å². The molecule has 0 aromatic rings. The van der Waals surface area contributed by atoms with Crippen LogP contribution in [0.25, 0.3) is 0 Å². The van der Waals surface area contributed by atoms with Gasteiger partial charge in [-0.25, -0.2) is 0 Å². The summed E-state index contributed by atoms with van der Waals surface area (Å²) in [5, 5.41) is 2.77. The van der Waals surface area contributed by atoms with Crippen molar-refractivity contribution in [3.05, 3.63) is 0 Å². The van der Waals surface area contributed by atoms with Crippen molar-refractivity contribution in [3.63, 3.8) is 0 Å². The molecule has 0 aromatic carbocycles. The molecule has 2 heteroatoms. The number of unbranched alkanes of at least 4 members (excludes halogenated alkanes) is 3. The molecule has 0 heterocycles. The minimum Gasteiger partial charge on any atom is -0.356 e. The smallest absolute Gasteiger partial charge is 0.216 e. The van der Waals surface area contributed by atoms with Crippen LogP contribution in [0.2, 0.25) is 0 Å². The van der Waals surface area contributed by atoms with Gasteiger partial charge >= 0.3 is 0 Å². The molecule has 76 valence electrons. The third-order valence-electron chi connectivity index (χ3n) is 1.40. The molecule has 0 aliphatic rings. The normalized spacial score (nSPS) is 8.33. The topological polar surface area (TPSA) is 29.1 Å². The zero-order valence-corrected chi connectivity index (χ0v) is 8.94. The van der Waals surface area contributed by atoms with E-state index >= 15 is 0 Å². The van der Waals surface area contributed by atoms with Crippen molar-refractivity contribution < 1.29 is 6.22 Å². The van der Waals surface area contributed by atoms with Gasteiger partial charge in [0.25, 0.3) is 0 Å². The van der Waals surface area contributed by atoms with Gasteiger partial charge in [0.05, 0.1) is 0 Å². The summed E-state index contributed by atoms with van der Waals surface area (Å²) in [7, 11) is 0. The molecule has 0 aliphatic carbocycles. The number of rotatable bonds is 5. The van der Waals surface area contributed by atoms with Crippen LogP contribution in [0.15, 0.2) is 0 Å². The largest absolute Gasteiger partial charge is 0.356 e. The van der Waals surface area contributed by atoms with Crippen LogP contribution in [-0.2, 0) is 4.79 Å². The van der Waals surface area contributed by atoms with E-state index in [0.717, 1.165) is 13.0 Å². The fourth-order valence-corrected chi connectivity index (χ4v) is 0.816. The van der Waals surface area contributed by atoms with Crippen molar-refractivity contribution in [1.82, 2.24) is 5.32 Å². The molecule has 0 saturated carbocycles. The van der Waals surface area contributed by atoms with Crippen molar-refractivity contribution in [2.75, 3.05) is 6.54 Å². The molecule has 0 bridgehead atoms. The van der Waals surface area contributed by atoms with Crippen LogP contribution in [0.3, 0.4) is 0 Å². The molecule has 1 amide bonds. The Hall–Kier alpha value is -0.530. The van der Waals surface area contributed by atoms with E-state index in [2.05, 4.69) is 12.2 Å². The monoisotopic (exact) mass is 175 g/mol. The summed E-state index contributed by atoms with van der Waals surface area (Å²) in [5.41, 5.74) is 0. The van der Waals surface area contributed by atoms with E-state index in [1.54, 1.807) is 6.92 Å². The molecule has 0 radical (unpaired) electrons. The molecule has 0 atom stereocenters. The Morgan fingerprint density at radius 1 is 1.25 bits per heavy atom. The second-order valence-corrected chi connectivity index (χ2v) is 2.54. The Balaban J connectivity index is -0.000000309. The Kier molecular flexibility index (Phi) is 15.3. The lowest BCUT2D eigenvalue weighted by molar-refractivity contribution is -0.118. The molecule has 0 unspecified atom stereocenters. The molecule has 1 N–H and O–H groups in total. The Bertz CT molecular complexity index is 96.9. The van der Waals surface area contributed by atoms with Gasteiger partial charge in [-0.3, -0.25) is 4.79 Å². The van der Waals surface area contributed by atoms with E-state index in [1.807, 2.05) is 13.8 Å². The standard InChI is InChI=1S/C8H17NO.C2H6.H2/c1-3-4-5-6-7-9-8(2)10;1-2;/h3-7H2,1-2H3,(H,9,10);1-2H3;1H. The van der Waals surface area contributed by atoms with Crippen LogP contribution >= 0.6 is 0 Å². The van der Waals surface area contributed by atoms with Crippen molar-refractivity contribution in [2.24, 2.45) is 0 Å². The van der Waals surface area contributed by atoms with Gasteiger partial charge in [-0.15, -0.1) is 0 Å². The number of amides is 1.